The second-order valence-corrected chi connectivity index (χ2v) is 5.59. The lowest BCUT2D eigenvalue weighted by Gasteiger charge is -2.13. The van der Waals surface area contributed by atoms with Gasteiger partial charge in [0.05, 0.1) is 17.9 Å². The molecule has 2 rings (SSSR count). The van der Waals surface area contributed by atoms with Gasteiger partial charge in [0.15, 0.2) is 0 Å². The Morgan fingerprint density at radius 3 is 2.61 bits per heavy atom. The fourth-order valence-electron chi connectivity index (χ4n) is 1.65. The summed E-state index contributed by atoms with van der Waals surface area (Å²) in [6.45, 7) is 0.0152. The maximum Gasteiger partial charge on any atom is 0.230 e. The van der Waals surface area contributed by atoms with Crippen LogP contribution >= 0.6 is 11.8 Å². The molecule has 2 N–H and O–H groups in total. The van der Waals surface area contributed by atoms with Crippen molar-refractivity contribution in [3.05, 3.63) is 35.6 Å². The highest BCUT2D eigenvalue weighted by Crippen LogP contribution is 2.34. The Hall–Kier alpha value is -1.07. The molecule has 0 aliphatic heterocycles. The van der Waals surface area contributed by atoms with Crippen molar-refractivity contribution in [2.45, 2.75) is 24.1 Å². The Bertz CT molecular complexity index is 418. The molecule has 0 heterocycles. The molecule has 18 heavy (non-hydrogen) atoms. The van der Waals surface area contributed by atoms with Crippen LogP contribution in [0.3, 0.4) is 0 Å². The third kappa shape index (κ3) is 3.71. The van der Waals surface area contributed by atoms with Gasteiger partial charge in [0.25, 0.3) is 0 Å². The molecule has 0 saturated heterocycles. The van der Waals surface area contributed by atoms with Crippen molar-refractivity contribution in [2.75, 3.05) is 12.4 Å². The van der Waals surface area contributed by atoms with Gasteiger partial charge in [-0.3, -0.25) is 4.79 Å². The molecular formula is C13H16FNO2S. The molecule has 3 nitrogen and oxygen atoms in total. The molecule has 0 bridgehead atoms. The van der Waals surface area contributed by atoms with Gasteiger partial charge in [-0.2, -0.15) is 0 Å². The number of aliphatic hydroxyl groups is 1. The maximum absolute atomic E-state index is 12.7. The van der Waals surface area contributed by atoms with Crippen molar-refractivity contribution >= 4 is 17.7 Å². The lowest BCUT2D eigenvalue weighted by molar-refractivity contribution is -0.119. The van der Waals surface area contributed by atoms with E-state index >= 15 is 0 Å². The van der Waals surface area contributed by atoms with E-state index in [1.807, 2.05) is 0 Å². The van der Waals surface area contributed by atoms with Crippen LogP contribution in [0.1, 0.15) is 18.4 Å². The summed E-state index contributed by atoms with van der Waals surface area (Å²) in [7, 11) is 0. The number of rotatable bonds is 6. The van der Waals surface area contributed by atoms with Crippen LogP contribution in [0.5, 0.6) is 0 Å². The molecule has 0 atom stereocenters. The average Bonchev–Trinajstić information content (AvgIpc) is 3.12. The van der Waals surface area contributed by atoms with Crippen LogP contribution in [-0.4, -0.2) is 28.9 Å². The van der Waals surface area contributed by atoms with Crippen molar-refractivity contribution < 1.29 is 14.3 Å². The number of benzene rings is 1. The predicted molar refractivity (Wildman–Crippen MR) is 69.8 cm³/mol. The first kappa shape index (κ1) is 13.4. The number of carbonyl (C=O) groups excluding carboxylic acids is 1. The minimum atomic E-state index is -0.340. The van der Waals surface area contributed by atoms with Crippen LogP contribution in [0.2, 0.25) is 0 Å². The highest BCUT2D eigenvalue weighted by Gasteiger charge is 2.43. The van der Waals surface area contributed by atoms with Crippen LogP contribution in [-0.2, 0) is 10.5 Å². The minimum absolute atomic E-state index is 0.0152. The highest BCUT2D eigenvalue weighted by molar-refractivity contribution is 7.99. The Labute approximate surface area is 110 Å². The molecule has 1 aliphatic carbocycles. The van der Waals surface area contributed by atoms with Crippen molar-refractivity contribution in [2.24, 2.45) is 0 Å². The normalized spacial score (nSPS) is 16.3. The summed E-state index contributed by atoms with van der Waals surface area (Å²) in [6, 6.07) is 6.27. The first-order chi connectivity index (χ1) is 8.63. The SMILES string of the molecule is O=C(CSCc1ccc(F)cc1)NC1(CO)CC1. The number of amides is 1. The number of hydrogen-bond acceptors (Lipinski definition) is 3. The first-order valence-electron chi connectivity index (χ1n) is 5.88. The molecule has 0 spiro atoms. The Morgan fingerprint density at radius 1 is 1.39 bits per heavy atom. The molecule has 5 heteroatoms. The van der Waals surface area contributed by atoms with Gasteiger partial charge in [0.1, 0.15) is 5.82 Å². The van der Waals surface area contributed by atoms with Gasteiger partial charge < -0.3 is 10.4 Å². The third-order valence-electron chi connectivity index (χ3n) is 2.98. The largest absolute Gasteiger partial charge is 0.394 e. The van der Waals surface area contributed by atoms with E-state index in [2.05, 4.69) is 5.32 Å². The molecule has 0 unspecified atom stereocenters. The second-order valence-electron chi connectivity index (χ2n) is 4.61. The number of halogens is 1. The Kier molecular flexibility index (Phi) is 4.24. The lowest BCUT2D eigenvalue weighted by Crippen LogP contribution is -2.40. The van der Waals surface area contributed by atoms with E-state index in [4.69, 9.17) is 5.11 Å². The van der Waals surface area contributed by atoms with Gasteiger partial charge in [-0.25, -0.2) is 4.39 Å². The molecule has 1 saturated carbocycles. The van der Waals surface area contributed by atoms with Gasteiger partial charge in [-0.15, -0.1) is 11.8 Å². The molecule has 1 fully saturated rings. The number of carbonyl (C=O) groups is 1. The lowest BCUT2D eigenvalue weighted by atomic mass is 10.2. The highest BCUT2D eigenvalue weighted by atomic mass is 32.2. The summed E-state index contributed by atoms with van der Waals surface area (Å²) >= 11 is 1.48. The summed E-state index contributed by atoms with van der Waals surface area (Å²) in [6.07, 6.45) is 1.72. The third-order valence-corrected chi connectivity index (χ3v) is 3.98. The number of nitrogens with one attached hydrogen (secondary N) is 1. The van der Waals surface area contributed by atoms with E-state index in [1.165, 1.54) is 23.9 Å². The molecule has 1 aliphatic rings. The number of thioether (sulfide) groups is 1. The van der Waals surface area contributed by atoms with Crippen LogP contribution in [0.25, 0.3) is 0 Å². The topological polar surface area (TPSA) is 49.3 Å². The van der Waals surface area contributed by atoms with Gasteiger partial charge >= 0.3 is 0 Å². The van der Waals surface area contributed by atoms with E-state index < -0.39 is 0 Å². The zero-order chi connectivity index (χ0) is 13.0. The molecule has 0 radical (unpaired) electrons. The molecule has 1 amide bonds. The van der Waals surface area contributed by atoms with Crippen LogP contribution in [0.4, 0.5) is 4.39 Å². The molecular weight excluding hydrogens is 253 g/mol. The van der Waals surface area contributed by atoms with Crippen LogP contribution < -0.4 is 5.32 Å². The van der Waals surface area contributed by atoms with E-state index in [0.29, 0.717) is 11.5 Å². The fourth-order valence-corrected chi connectivity index (χ4v) is 2.44. The van der Waals surface area contributed by atoms with Crippen molar-refractivity contribution in [3.8, 4) is 0 Å². The van der Waals surface area contributed by atoms with Crippen LogP contribution in [0.15, 0.2) is 24.3 Å². The molecule has 0 aromatic heterocycles. The quantitative estimate of drug-likeness (QED) is 0.826. The summed E-state index contributed by atoms with van der Waals surface area (Å²) in [5, 5.41) is 11.9. The van der Waals surface area contributed by atoms with E-state index in [0.717, 1.165) is 18.4 Å². The average molecular weight is 269 g/mol. The minimum Gasteiger partial charge on any atom is -0.394 e. The standard InChI is InChI=1S/C13H16FNO2S/c14-11-3-1-10(2-4-11)7-18-8-12(17)15-13(9-16)5-6-13/h1-4,16H,5-9H2,(H,15,17). The van der Waals surface area contributed by atoms with E-state index in [-0.39, 0.29) is 23.9 Å². The fraction of sp³-hybridized carbons (Fsp3) is 0.462. The molecule has 98 valence electrons. The van der Waals surface area contributed by atoms with Gasteiger partial charge in [0, 0.05) is 5.75 Å². The molecule has 1 aromatic carbocycles. The smallest absolute Gasteiger partial charge is 0.230 e. The predicted octanol–water partition coefficient (Wildman–Crippen LogP) is 1.70. The van der Waals surface area contributed by atoms with Gasteiger partial charge in [-0.1, -0.05) is 12.1 Å². The Balaban J connectivity index is 1.69. The second kappa shape index (κ2) is 5.71. The summed E-state index contributed by atoms with van der Waals surface area (Å²) in [5.74, 6) is 0.743. The summed E-state index contributed by atoms with van der Waals surface area (Å²) in [5.41, 5.74) is 0.658. The Morgan fingerprint density at radius 2 is 2.06 bits per heavy atom. The molecule has 1 aromatic rings. The van der Waals surface area contributed by atoms with Gasteiger partial charge in [0.2, 0.25) is 5.91 Å². The summed E-state index contributed by atoms with van der Waals surface area (Å²) in [4.78, 5) is 11.6. The van der Waals surface area contributed by atoms with Crippen molar-refractivity contribution in [1.29, 1.82) is 0 Å². The zero-order valence-corrected chi connectivity index (χ0v) is 10.8. The number of hydrogen-bond donors (Lipinski definition) is 2. The van der Waals surface area contributed by atoms with Crippen molar-refractivity contribution in [1.82, 2.24) is 5.32 Å². The first-order valence-corrected chi connectivity index (χ1v) is 7.03. The maximum atomic E-state index is 12.7. The zero-order valence-electron chi connectivity index (χ0n) is 9.99. The van der Waals surface area contributed by atoms with Crippen LogP contribution in [0, 0.1) is 5.82 Å². The van der Waals surface area contributed by atoms with E-state index in [9.17, 15) is 9.18 Å². The summed E-state index contributed by atoms with van der Waals surface area (Å²) < 4.78 is 12.7. The van der Waals surface area contributed by atoms with E-state index in [1.54, 1.807) is 12.1 Å². The number of aliphatic hydroxyl groups excluding tert-OH is 1. The van der Waals surface area contributed by atoms with Gasteiger partial charge in [-0.05, 0) is 30.5 Å². The monoisotopic (exact) mass is 269 g/mol. The van der Waals surface area contributed by atoms with Crippen molar-refractivity contribution in [3.63, 3.8) is 0 Å².